The summed E-state index contributed by atoms with van der Waals surface area (Å²) in [6.07, 6.45) is 2.99. The minimum absolute atomic E-state index is 0.0882. The van der Waals surface area contributed by atoms with Gasteiger partial charge in [0.1, 0.15) is 0 Å². The van der Waals surface area contributed by atoms with Crippen molar-refractivity contribution >= 4 is 5.91 Å². The number of aryl methyl sites for hydroxylation is 1. The molecular weight excluding hydrogens is 236 g/mol. The summed E-state index contributed by atoms with van der Waals surface area (Å²) in [5, 5.41) is 6.47. The number of carbonyl (C=O) groups excluding carboxylic acids is 1. The molecule has 0 spiro atoms. The van der Waals surface area contributed by atoms with Crippen molar-refractivity contribution in [3.8, 4) is 0 Å². The van der Waals surface area contributed by atoms with Crippen LogP contribution in [0.15, 0.2) is 24.3 Å². The van der Waals surface area contributed by atoms with Crippen LogP contribution in [-0.2, 0) is 4.79 Å². The highest BCUT2D eigenvalue weighted by molar-refractivity contribution is 5.76. The zero-order valence-electron chi connectivity index (χ0n) is 11.9. The van der Waals surface area contributed by atoms with Gasteiger partial charge in [0, 0.05) is 6.42 Å². The van der Waals surface area contributed by atoms with E-state index in [-0.39, 0.29) is 11.9 Å². The molecule has 1 unspecified atom stereocenters. The molecule has 3 nitrogen and oxygen atoms in total. The minimum Gasteiger partial charge on any atom is -0.350 e. The number of amides is 1. The highest BCUT2D eigenvalue weighted by Crippen LogP contribution is 2.18. The Morgan fingerprint density at radius 3 is 2.95 bits per heavy atom. The third kappa shape index (κ3) is 4.06. The molecule has 2 N–H and O–H groups in total. The quantitative estimate of drug-likeness (QED) is 0.873. The highest BCUT2D eigenvalue weighted by Gasteiger charge is 2.18. The molecule has 104 valence electrons. The first-order chi connectivity index (χ1) is 9.16. The summed E-state index contributed by atoms with van der Waals surface area (Å²) in [6.45, 7) is 6.21. The number of hydrogen-bond donors (Lipinski definition) is 2. The fraction of sp³-hybridized carbons (Fsp3) is 0.562. The Labute approximate surface area is 115 Å². The Morgan fingerprint density at radius 1 is 1.47 bits per heavy atom. The van der Waals surface area contributed by atoms with Crippen LogP contribution in [0.1, 0.15) is 43.4 Å². The molecule has 1 aliphatic rings. The molecule has 1 heterocycles. The van der Waals surface area contributed by atoms with Gasteiger partial charge < -0.3 is 10.6 Å². The van der Waals surface area contributed by atoms with Gasteiger partial charge in [-0.25, -0.2) is 0 Å². The van der Waals surface area contributed by atoms with Crippen molar-refractivity contribution in [2.24, 2.45) is 5.92 Å². The van der Waals surface area contributed by atoms with Crippen LogP contribution in [0.4, 0.5) is 0 Å². The smallest absolute Gasteiger partial charge is 0.220 e. The predicted octanol–water partition coefficient (Wildman–Crippen LogP) is 2.56. The number of nitrogens with one attached hydrogen (secondary N) is 2. The zero-order chi connectivity index (χ0) is 13.7. The van der Waals surface area contributed by atoms with Crippen LogP contribution in [0.5, 0.6) is 0 Å². The Morgan fingerprint density at radius 2 is 2.26 bits per heavy atom. The van der Waals surface area contributed by atoms with Crippen LogP contribution in [0.25, 0.3) is 0 Å². The molecular formula is C16H24N2O. The van der Waals surface area contributed by atoms with E-state index in [2.05, 4.69) is 36.6 Å². The van der Waals surface area contributed by atoms with E-state index in [1.165, 1.54) is 24.0 Å². The third-order valence-corrected chi connectivity index (χ3v) is 3.91. The second-order valence-electron chi connectivity index (χ2n) is 5.56. The van der Waals surface area contributed by atoms with Gasteiger partial charge in [-0.2, -0.15) is 0 Å². The summed E-state index contributed by atoms with van der Waals surface area (Å²) in [4.78, 5) is 12.1. The number of carbonyl (C=O) groups is 1. The normalized spacial score (nSPS) is 20.8. The van der Waals surface area contributed by atoms with Gasteiger partial charge in [-0.05, 0) is 56.8 Å². The van der Waals surface area contributed by atoms with E-state index in [1.54, 1.807) is 0 Å². The standard InChI is InChI=1S/C16H24N2O/c1-12-6-3-4-8-15(12)13(2)18-16(19)10-14-7-5-9-17-11-14/h3-4,6,8,13-14,17H,5,7,9-11H2,1-2H3,(H,18,19)/t13-,14?/m1/s1. The van der Waals surface area contributed by atoms with Crippen LogP contribution in [-0.4, -0.2) is 19.0 Å². The topological polar surface area (TPSA) is 41.1 Å². The van der Waals surface area contributed by atoms with Gasteiger partial charge in [0.2, 0.25) is 5.91 Å². The van der Waals surface area contributed by atoms with Gasteiger partial charge in [0.05, 0.1) is 6.04 Å². The maximum absolute atomic E-state index is 12.1. The Hall–Kier alpha value is -1.35. The maximum Gasteiger partial charge on any atom is 0.220 e. The van der Waals surface area contributed by atoms with Crippen molar-refractivity contribution in [1.82, 2.24) is 10.6 Å². The van der Waals surface area contributed by atoms with Crippen molar-refractivity contribution in [2.75, 3.05) is 13.1 Å². The average Bonchev–Trinajstić information content (AvgIpc) is 2.40. The monoisotopic (exact) mass is 260 g/mol. The molecule has 1 saturated heterocycles. The first-order valence-electron chi connectivity index (χ1n) is 7.22. The summed E-state index contributed by atoms with van der Waals surface area (Å²) in [7, 11) is 0. The summed E-state index contributed by atoms with van der Waals surface area (Å²) < 4.78 is 0. The first-order valence-corrected chi connectivity index (χ1v) is 7.22. The van der Waals surface area contributed by atoms with Gasteiger partial charge in [0.25, 0.3) is 0 Å². The summed E-state index contributed by atoms with van der Waals surface area (Å²) in [6, 6.07) is 8.31. The van der Waals surface area contributed by atoms with Gasteiger partial charge in [-0.15, -0.1) is 0 Å². The fourth-order valence-corrected chi connectivity index (χ4v) is 2.81. The van der Waals surface area contributed by atoms with E-state index >= 15 is 0 Å². The predicted molar refractivity (Wildman–Crippen MR) is 77.9 cm³/mol. The van der Waals surface area contributed by atoms with E-state index in [1.807, 2.05) is 12.1 Å². The Bertz CT molecular complexity index is 425. The molecule has 0 saturated carbocycles. The molecule has 1 aromatic carbocycles. The molecule has 19 heavy (non-hydrogen) atoms. The van der Waals surface area contributed by atoms with Crippen molar-refractivity contribution in [1.29, 1.82) is 0 Å². The number of rotatable bonds is 4. The number of piperidine rings is 1. The summed E-state index contributed by atoms with van der Waals surface area (Å²) in [5.74, 6) is 0.669. The minimum atomic E-state index is 0.0882. The van der Waals surface area contributed by atoms with Crippen LogP contribution < -0.4 is 10.6 Å². The van der Waals surface area contributed by atoms with E-state index in [9.17, 15) is 4.79 Å². The fourth-order valence-electron chi connectivity index (χ4n) is 2.81. The summed E-state index contributed by atoms with van der Waals surface area (Å²) in [5.41, 5.74) is 2.44. The van der Waals surface area contributed by atoms with Gasteiger partial charge in [0.15, 0.2) is 0 Å². The second kappa shape index (κ2) is 6.71. The molecule has 1 aromatic rings. The Balaban J connectivity index is 1.86. The molecule has 0 aliphatic carbocycles. The van der Waals surface area contributed by atoms with Gasteiger partial charge >= 0.3 is 0 Å². The van der Waals surface area contributed by atoms with E-state index < -0.39 is 0 Å². The van der Waals surface area contributed by atoms with Crippen LogP contribution in [0.3, 0.4) is 0 Å². The lowest BCUT2D eigenvalue weighted by Crippen LogP contribution is -2.35. The third-order valence-electron chi connectivity index (χ3n) is 3.91. The highest BCUT2D eigenvalue weighted by atomic mass is 16.1. The Kier molecular flexibility index (Phi) is 4.97. The van der Waals surface area contributed by atoms with Crippen molar-refractivity contribution < 1.29 is 4.79 Å². The van der Waals surface area contributed by atoms with Crippen LogP contribution in [0.2, 0.25) is 0 Å². The van der Waals surface area contributed by atoms with Crippen molar-refractivity contribution in [3.63, 3.8) is 0 Å². The zero-order valence-corrected chi connectivity index (χ0v) is 11.9. The second-order valence-corrected chi connectivity index (χ2v) is 5.56. The maximum atomic E-state index is 12.1. The number of benzene rings is 1. The molecule has 1 aliphatic heterocycles. The molecule has 2 rings (SSSR count). The van der Waals surface area contributed by atoms with Gasteiger partial charge in [-0.3, -0.25) is 4.79 Å². The molecule has 2 atom stereocenters. The van der Waals surface area contributed by atoms with Crippen molar-refractivity contribution in [2.45, 2.75) is 39.2 Å². The van der Waals surface area contributed by atoms with E-state index in [0.717, 1.165) is 13.1 Å². The summed E-state index contributed by atoms with van der Waals surface area (Å²) >= 11 is 0. The van der Waals surface area contributed by atoms with Crippen LogP contribution >= 0.6 is 0 Å². The molecule has 0 radical (unpaired) electrons. The van der Waals surface area contributed by atoms with Gasteiger partial charge in [-0.1, -0.05) is 24.3 Å². The van der Waals surface area contributed by atoms with E-state index in [4.69, 9.17) is 0 Å². The van der Waals surface area contributed by atoms with Crippen LogP contribution in [0, 0.1) is 12.8 Å². The SMILES string of the molecule is Cc1ccccc1[C@@H](C)NC(=O)CC1CCCNC1. The molecule has 1 amide bonds. The lowest BCUT2D eigenvalue weighted by Gasteiger charge is -2.23. The van der Waals surface area contributed by atoms with Crippen molar-refractivity contribution in [3.05, 3.63) is 35.4 Å². The van der Waals surface area contributed by atoms with E-state index in [0.29, 0.717) is 12.3 Å². The first kappa shape index (κ1) is 14.1. The molecule has 3 heteroatoms. The average molecular weight is 260 g/mol. The largest absolute Gasteiger partial charge is 0.350 e. The molecule has 0 bridgehead atoms. The lowest BCUT2D eigenvalue weighted by molar-refractivity contribution is -0.122. The lowest BCUT2D eigenvalue weighted by atomic mass is 9.95. The molecule has 0 aromatic heterocycles. The number of hydrogen-bond acceptors (Lipinski definition) is 2. The molecule has 1 fully saturated rings.